The molecule has 0 saturated carbocycles. The molecule has 1 aromatic carbocycles. The molecule has 0 saturated heterocycles. The Labute approximate surface area is 137 Å². The molecular formula is C14H16BrClN4O. The number of methoxy groups -OCH3 is 1. The number of nitrogens with zero attached hydrogens (tertiary/aromatic N) is 2. The lowest BCUT2D eigenvalue weighted by molar-refractivity contribution is 0.415. The van der Waals surface area contributed by atoms with Gasteiger partial charge in [-0.3, -0.25) is 0 Å². The van der Waals surface area contributed by atoms with Gasteiger partial charge < -0.3 is 15.4 Å². The van der Waals surface area contributed by atoms with Gasteiger partial charge in [0.05, 0.1) is 22.3 Å². The van der Waals surface area contributed by atoms with Crippen molar-refractivity contribution < 1.29 is 4.74 Å². The molecule has 0 atom stereocenters. The molecule has 2 N–H and O–H groups in total. The fraction of sp³-hybridized carbons (Fsp3) is 0.286. The van der Waals surface area contributed by atoms with E-state index < -0.39 is 0 Å². The van der Waals surface area contributed by atoms with Crippen LogP contribution in [0.5, 0.6) is 5.75 Å². The SMILES string of the molecule is CCCNc1ncnc(Nc2cccc(Cl)c2Br)c1OC. The number of hydrogen-bond donors (Lipinski definition) is 2. The number of benzene rings is 1. The van der Waals surface area contributed by atoms with Gasteiger partial charge in [-0.05, 0) is 34.5 Å². The van der Waals surface area contributed by atoms with E-state index >= 15 is 0 Å². The standard InChI is InChI=1S/C14H16BrClN4O/c1-3-7-17-13-12(21-2)14(19-8-18-13)20-10-6-4-5-9(16)11(10)15/h4-6,8H,3,7H2,1-2H3,(H2,17,18,19,20). The van der Waals surface area contributed by atoms with E-state index in [0.29, 0.717) is 22.4 Å². The molecule has 1 aromatic heterocycles. The lowest BCUT2D eigenvalue weighted by Crippen LogP contribution is -2.07. The second-order valence-corrected chi connectivity index (χ2v) is 5.46. The van der Waals surface area contributed by atoms with Crippen molar-refractivity contribution in [2.45, 2.75) is 13.3 Å². The van der Waals surface area contributed by atoms with Gasteiger partial charge in [-0.2, -0.15) is 0 Å². The van der Waals surface area contributed by atoms with Crippen LogP contribution in [0.4, 0.5) is 17.3 Å². The third-order valence-electron chi connectivity index (χ3n) is 2.76. The van der Waals surface area contributed by atoms with E-state index in [1.807, 2.05) is 18.2 Å². The summed E-state index contributed by atoms with van der Waals surface area (Å²) in [5.41, 5.74) is 0.806. The van der Waals surface area contributed by atoms with E-state index in [2.05, 4.69) is 43.5 Å². The number of aromatic nitrogens is 2. The summed E-state index contributed by atoms with van der Waals surface area (Å²) < 4.78 is 6.19. The molecule has 0 aliphatic carbocycles. The molecule has 5 nitrogen and oxygen atoms in total. The molecule has 0 radical (unpaired) electrons. The fourth-order valence-corrected chi connectivity index (χ4v) is 2.29. The molecular weight excluding hydrogens is 356 g/mol. The Hall–Kier alpha value is -1.53. The molecule has 2 aromatic rings. The molecule has 7 heteroatoms. The van der Waals surface area contributed by atoms with Crippen LogP contribution in [-0.2, 0) is 0 Å². The van der Waals surface area contributed by atoms with Crippen molar-refractivity contribution in [2.75, 3.05) is 24.3 Å². The number of nitrogens with one attached hydrogen (secondary N) is 2. The summed E-state index contributed by atoms with van der Waals surface area (Å²) in [4.78, 5) is 8.44. The molecule has 0 amide bonds. The molecule has 0 fully saturated rings. The molecule has 0 aliphatic rings. The summed E-state index contributed by atoms with van der Waals surface area (Å²) in [5, 5.41) is 7.04. The van der Waals surface area contributed by atoms with Crippen molar-refractivity contribution in [3.63, 3.8) is 0 Å². The van der Waals surface area contributed by atoms with Crippen molar-refractivity contribution in [3.05, 3.63) is 34.0 Å². The Morgan fingerprint density at radius 3 is 2.76 bits per heavy atom. The predicted molar refractivity (Wildman–Crippen MR) is 89.8 cm³/mol. The number of rotatable bonds is 6. The smallest absolute Gasteiger partial charge is 0.204 e. The summed E-state index contributed by atoms with van der Waals surface area (Å²) >= 11 is 9.54. The van der Waals surface area contributed by atoms with E-state index in [1.165, 1.54) is 6.33 Å². The van der Waals surface area contributed by atoms with Crippen LogP contribution in [-0.4, -0.2) is 23.6 Å². The maximum Gasteiger partial charge on any atom is 0.204 e. The second-order valence-electron chi connectivity index (χ2n) is 4.26. The zero-order valence-electron chi connectivity index (χ0n) is 11.8. The van der Waals surface area contributed by atoms with Gasteiger partial charge in [-0.15, -0.1) is 0 Å². The van der Waals surface area contributed by atoms with Crippen LogP contribution >= 0.6 is 27.5 Å². The minimum absolute atomic E-state index is 0.567. The normalized spacial score (nSPS) is 10.3. The van der Waals surface area contributed by atoms with Gasteiger partial charge in [0.15, 0.2) is 11.6 Å². The zero-order chi connectivity index (χ0) is 15.2. The predicted octanol–water partition coefficient (Wildman–Crippen LogP) is 4.47. The van der Waals surface area contributed by atoms with E-state index in [1.54, 1.807) is 7.11 Å². The van der Waals surface area contributed by atoms with Gasteiger partial charge in [0.2, 0.25) is 5.75 Å². The summed E-state index contributed by atoms with van der Waals surface area (Å²) in [6.45, 7) is 2.90. The van der Waals surface area contributed by atoms with Crippen molar-refractivity contribution in [3.8, 4) is 5.75 Å². The first kappa shape index (κ1) is 15.9. The largest absolute Gasteiger partial charge is 0.490 e. The summed E-state index contributed by atoms with van der Waals surface area (Å²) in [5.74, 6) is 1.81. The first-order valence-electron chi connectivity index (χ1n) is 6.51. The fourth-order valence-electron chi connectivity index (χ4n) is 1.75. The van der Waals surface area contributed by atoms with Gasteiger partial charge in [-0.1, -0.05) is 24.6 Å². The lowest BCUT2D eigenvalue weighted by atomic mass is 10.3. The van der Waals surface area contributed by atoms with Gasteiger partial charge >= 0.3 is 0 Å². The molecule has 1 heterocycles. The zero-order valence-corrected chi connectivity index (χ0v) is 14.1. The maximum absolute atomic E-state index is 6.09. The van der Waals surface area contributed by atoms with E-state index in [-0.39, 0.29) is 0 Å². The van der Waals surface area contributed by atoms with Crippen LogP contribution in [0.1, 0.15) is 13.3 Å². The van der Waals surface area contributed by atoms with Crippen molar-refractivity contribution in [1.29, 1.82) is 0 Å². The molecule has 112 valence electrons. The molecule has 0 unspecified atom stereocenters. The lowest BCUT2D eigenvalue weighted by Gasteiger charge is -2.15. The van der Waals surface area contributed by atoms with E-state index in [4.69, 9.17) is 16.3 Å². The Kier molecular flexibility index (Phi) is 5.64. The molecule has 2 rings (SSSR count). The highest BCUT2D eigenvalue weighted by Gasteiger charge is 2.13. The topological polar surface area (TPSA) is 59.1 Å². The molecule has 0 bridgehead atoms. The van der Waals surface area contributed by atoms with Crippen LogP contribution in [0.2, 0.25) is 5.02 Å². The minimum Gasteiger partial charge on any atom is -0.490 e. The average Bonchev–Trinajstić information content (AvgIpc) is 2.50. The van der Waals surface area contributed by atoms with Gasteiger partial charge in [0.25, 0.3) is 0 Å². The number of halogens is 2. The first-order chi connectivity index (χ1) is 10.2. The van der Waals surface area contributed by atoms with Gasteiger partial charge in [0, 0.05) is 6.54 Å². The number of anilines is 3. The molecule has 21 heavy (non-hydrogen) atoms. The van der Waals surface area contributed by atoms with Crippen LogP contribution in [0, 0.1) is 0 Å². The van der Waals surface area contributed by atoms with Crippen LogP contribution in [0.3, 0.4) is 0 Å². The minimum atomic E-state index is 0.567. The van der Waals surface area contributed by atoms with Gasteiger partial charge in [0.1, 0.15) is 6.33 Å². The highest BCUT2D eigenvalue weighted by Crippen LogP contribution is 2.36. The number of hydrogen-bond acceptors (Lipinski definition) is 5. The summed E-state index contributed by atoms with van der Waals surface area (Å²) in [6, 6.07) is 5.57. The van der Waals surface area contributed by atoms with Crippen molar-refractivity contribution in [2.24, 2.45) is 0 Å². The third kappa shape index (κ3) is 3.77. The van der Waals surface area contributed by atoms with Crippen LogP contribution in [0.15, 0.2) is 29.0 Å². The first-order valence-corrected chi connectivity index (χ1v) is 7.68. The van der Waals surface area contributed by atoms with E-state index in [9.17, 15) is 0 Å². The van der Waals surface area contributed by atoms with Gasteiger partial charge in [-0.25, -0.2) is 9.97 Å². The molecule has 0 spiro atoms. The third-order valence-corrected chi connectivity index (χ3v) is 4.15. The Morgan fingerprint density at radius 1 is 1.29 bits per heavy atom. The second kappa shape index (κ2) is 7.47. The summed E-state index contributed by atoms with van der Waals surface area (Å²) in [6.07, 6.45) is 2.48. The van der Waals surface area contributed by atoms with Crippen LogP contribution in [0.25, 0.3) is 0 Å². The van der Waals surface area contributed by atoms with Crippen molar-refractivity contribution >= 4 is 44.9 Å². The average molecular weight is 372 g/mol. The number of ether oxygens (including phenoxy) is 1. The monoisotopic (exact) mass is 370 g/mol. The highest BCUT2D eigenvalue weighted by molar-refractivity contribution is 9.10. The Morgan fingerprint density at radius 2 is 2.05 bits per heavy atom. The Balaban J connectivity index is 2.33. The maximum atomic E-state index is 6.09. The molecule has 0 aliphatic heterocycles. The van der Waals surface area contributed by atoms with E-state index in [0.717, 1.165) is 23.1 Å². The van der Waals surface area contributed by atoms with Crippen LogP contribution < -0.4 is 15.4 Å². The van der Waals surface area contributed by atoms with Crippen molar-refractivity contribution in [1.82, 2.24) is 9.97 Å². The Bertz CT molecular complexity index is 624. The summed E-state index contributed by atoms with van der Waals surface area (Å²) in [7, 11) is 1.59. The highest BCUT2D eigenvalue weighted by atomic mass is 79.9. The quantitative estimate of drug-likeness (QED) is 0.784.